The average molecular weight is 290 g/mol. The lowest BCUT2D eigenvalue weighted by molar-refractivity contribution is 0.175. The maximum absolute atomic E-state index is 13.9. The van der Waals surface area contributed by atoms with Crippen molar-refractivity contribution in [3.63, 3.8) is 0 Å². The van der Waals surface area contributed by atoms with Gasteiger partial charge in [-0.3, -0.25) is 0 Å². The molecular formula is C18H27FN2. The smallest absolute Gasteiger partial charge is 0.127 e. The van der Waals surface area contributed by atoms with Gasteiger partial charge >= 0.3 is 0 Å². The topological polar surface area (TPSA) is 15.3 Å². The van der Waals surface area contributed by atoms with Crippen LogP contribution in [-0.4, -0.2) is 31.1 Å². The molecule has 1 saturated heterocycles. The van der Waals surface area contributed by atoms with Crippen LogP contribution in [-0.2, 0) is 0 Å². The molecule has 1 heterocycles. The second-order valence-corrected chi connectivity index (χ2v) is 6.59. The molecule has 2 aliphatic rings. The van der Waals surface area contributed by atoms with Gasteiger partial charge in [0, 0.05) is 24.2 Å². The van der Waals surface area contributed by atoms with Gasteiger partial charge < -0.3 is 10.2 Å². The van der Waals surface area contributed by atoms with Crippen molar-refractivity contribution in [2.45, 2.75) is 50.6 Å². The van der Waals surface area contributed by atoms with Gasteiger partial charge in [0.05, 0.1) is 0 Å². The molecule has 3 heteroatoms. The van der Waals surface area contributed by atoms with Gasteiger partial charge in [-0.25, -0.2) is 4.39 Å². The Bertz CT molecular complexity index is 462. The second-order valence-electron chi connectivity index (χ2n) is 6.59. The molecule has 1 aliphatic heterocycles. The standard InChI is InChI=1S/C18H27FN2/c1-20-17(15-7-3-4-8-16(15)19)11-13-21-12-10-14-6-2-5-9-18(14)21/h3-4,7-8,14,17-18,20H,2,5-6,9-13H2,1H3. The number of rotatable bonds is 5. The van der Waals surface area contributed by atoms with Crippen LogP contribution in [0.3, 0.4) is 0 Å². The minimum atomic E-state index is -0.0891. The average Bonchev–Trinajstić information content (AvgIpc) is 2.93. The van der Waals surface area contributed by atoms with Gasteiger partial charge in [0.1, 0.15) is 5.82 Å². The number of likely N-dealkylation sites (tertiary alicyclic amines) is 1. The Morgan fingerprint density at radius 1 is 1.24 bits per heavy atom. The molecule has 2 fully saturated rings. The number of benzene rings is 1. The van der Waals surface area contributed by atoms with Gasteiger partial charge in [0.25, 0.3) is 0 Å². The van der Waals surface area contributed by atoms with E-state index in [-0.39, 0.29) is 11.9 Å². The van der Waals surface area contributed by atoms with Gasteiger partial charge in [-0.2, -0.15) is 0 Å². The SMILES string of the molecule is CNC(CCN1CCC2CCCCC21)c1ccccc1F. The summed E-state index contributed by atoms with van der Waals surface area (Å²) in [6, 6.07) is 8.08. The zero-order valence-electron chi connectivity index (χ0n) is 13.0. The summed E-state index contributed by atoms with van der Waals surface area (Å²) in [5.41, 5.74) is 0.805. The maximum atomic E-state index is 13.9. The van der Waals surface area contributed by atoms with E-state index in [1.807, 2.05) is 19.2 Å². The molecule has 21 heavy (non-hydrogen) atoms. The lowest BCUT2D eigenvalue weighted by Crippen LogP contribution is -2.36. The molecule has 1 aliphatic carbocycles. The van der Waals surface area contributed by atoms with Crippen molar-refractivity contribution in [1.82, 2.24) is 10.2 Å². The fourth-order valence-corrected chi connectivity index (χ4v) is 4.29. The van der Waals surface area contributed by atoms with Crippen LogP contribution < -0.4 is 5.32 Å². The fraction of sp³-hybridized carbons (Fsp3) is 0.667. The summed E-state index contributed by atoms with van der Waals surface area (Å²) >= 11 is 0. The Balaban J connectivity index is 1.59. The highest BCUT2D eigenvalue weighted by Gasteiger charge is 2.35. The van der Waals surface area contributed by atoms with E-state index in [1.54, 1.807) is 12.1 Å². The van der Waals surface area contributed by atoms with Gasteiger partial charge in [-0.15, -0.1) is 0 Å². The highest BCUT2D eigenvalue weighted by Crippen LogP contribution is 2.36. The third kappa shape index (κ3) is 3.29. The van der Waals surface area contributed by atoms with Crippen molar-refractivity contribution in [3.8, 4) is 0 Å². The normalized spacial score (nSPS) is 27.5. The Morgan fingerprint density at radius 3 is 2.86 bits per heavy atom. The summed E-state index contributed by atoms with van der Waals surface area (Å²) in [6.07, 6.45) is 7.96. The molecule has 1 saturated carbocycles. The molecule has 1 N–H and O–H groups in total. The van der Waals surface area contributed by atoms with Crippen molar-refractivity contribution >= 4 is 0 Å². The molecule has 0 amide bonds. The number of fused-ring (bicyclic) bond motifs is 1. The molecule has 3 atom stereocenters. The molecule has 3 rings (SSSR count). The number of halogens is 1. The molecule has 3 unspecified atom stereocenters. The van der Waals surface area contributed by atoms with Gasteiger partial charge in [-0.1, -0.05) is 31.0 Å². The number of hydrogen-bond acceptors (Lipinski definition) is 2. The predicted molar refractivity (Wildman–Crippen MR) is 84.8 cm³/mol. The summed E-state index contributed by atoms with van der Waals surface area (Å²) in [6.45, 7) is 2.32. The van der Waals surface area contributed by atoms with Crippen LogP contribution in [0.1, 0.15) is 50.1 Å². The zero-order valence-corrected chi connectivity index (χ0v) is 13.0. The fourth-order valence-electron chi connectivity index (χ4n) is 4.29. The van der Waals surface area contributed by atoms with E-state index in [1.165, 1.54) is 38.6 Å². The highest BCUT2D eigenvalue weighted by molar-refractivity contribution is 5.21. The molecule has 0 aromatic heterocycles. The Kier molecular flexibility index (Phi) is 4.91. The lowest BCUT2D eigenvalue weighted by Gasteiger charge is -2.32. The van der Waals surface area contributed by atoms with Crippen LogP contribution in [0.2, 0.25) is 0 Å². The molecule has 1 aromatic carbocycles. The first-order valence-electron chi connectivity index (χ1n) is 8.45. The second kappa shape index (κ2) is 6.89. The minimum absolute atomic E-state index is 0.0891. The largest absolute Gasteiger partial charge is 0.313 e. The molecular weight excluding hydrogens is 263 g/mol. The number of nitrogens with one attached hydrogen (secondary N) is 1. The van der Waals surface area contributed by atoms with Crippen LogP contribution in [0.15, 0.2) is 24.3 Å². The first-order valence-corrected chi connectivity index (χ1v) is 8.45. The molecule has 0 spiro atoms. The van der Waals surface area contributed by atoms with Crippen molar-refractivity contribution in [1.29, 1.82) is 0 Å². The maximum Gasteiger partial charge on any atom is 0.127 e. The third-order valence-electron chi connectivity index (χ3n) is 5.46. The van der Waals surface area contributed by atoms with Crippen LogP contribution in [0.25, 0.3) is 0 Å². The van der Waals surface area contributed by atoms with E-state index in [0.29, 0.717) is 0 Å². The highest BCUT2D eigenvalue weighted by atomic mass is 19.1. The number of hydrogen-bond donors (Lipinski definition) is 1. The number of nitrogens with zero attached hydrogens (tertiary/aromatic N) is 1. The summed E-state index contributed by atoms with van der Waals surface area (Å²) in [7, 11) is 1.94. The third-order valence-corrected chi connectivity index (χ3v) is 5.46. The molecule has 0 bridgehead atoms. The van der Waals surface area contributed by atoms with E-state index in [9.17, 15) is 4.39 Å². The van der Waals surface area contributed by atoms with Crippen LogP contribution in [0.4, 0.5) is 4.39 Å². The van der Waals surface area contributed by atoms with Gasteiger partial charge in [0.15, 0.2) is 0 Å². The molecule has 116 valence electrons. The minimum Gasteiger partial charge on any atom is -0.313 e. The van der Waals surface area contributed by atoms with Crippen LogP contribution >= 0.6 is 0 Å². The predicted octanol–water partition coefficient (Wildman–Crippen LogP) is 3.74. The monoisotopic (exact) mass is 290 g/mol. The van der Waals surface area contributed by atoms with E-state index in [4.69, 9.17) is 0 Å². The van der Waals surface area contributed by atoms with Gasteiger partial charge in [0.2, 0.25) is 0 Å². The molecule has 0 radical (unpaired) electrons. The first-order chi connectivity index (χ1) is 10.3. The van der Waals surface area contributed by atoms with Gasteiger partial charge in [-0.05, 0) is 51.3 Å². The quantitative estimate of drug-likeness (QED) is 0.888. The Morgan fingerprint density at radius 2 is 2.05 bits per heavy atom. The molecule has 2 nitrogen and oxygen atoms in total. The van der Waals surface area contributed by atoms with Crippen LogP contribution in [0.5, 0.6) is 0 Å². The summed E-state index contributed by atoms with van der Waals surface area (Å²) in [5.74, 6) is 0.842. The molecule has 1 aromatic rings. The zero-order chi connectivity index (χ0) is 14.7. The van der Waals surface area contributed by atoms with E-state index < -0.39 is 0 Å². The van der Waals surface area contributed by atoms with E-state index in [0.717, 1.165) is 30.5 Å². The lowest BCUT2D eigenvalue weighted by atomic mass is 9.85. The summed E-state index contributed by atoms with van der Waals surface area (Å²) in [5, 5.41) is 3.29. The van der Waals surface area contributed by atoms with Crippen molar-refractivity contribution in [3.05, 3.63) is 35.6 Å². The summed E-state index contributed by atoms with van der Waals surface area (Å²) in [4.78, 5) is 2.66. The first kappa shape index (κ1) is 15.0. The Labute approximate surface area is 127 Å². The van der Waals surface area contributed by atoms with Crippen molar-refractivity contribution in [2.24, 2.45) is 5.92 Å². The van der Waals surface area contributed by atoms with Crippen molar-refractivity contribution in [2.75, 3.05) is 20.1 Å². The van der Waals surface area contributed by atoms with Crippen LogP contribution in [0, 0.1) is 11.7 Å². The summed E-state index contributed by atoms with van der Waals surface area (Å²) < 4.78 is 13.9. The van der Waals surface area contributed by atoms with Crippen molar-refractivity contribution < 1.29 is 4.39 Å². The van der Waals surface area contributed by atoms with E-state index >= 15 is 0 Å². The van der Waals surface area contributed by atoms with E-state index in [2.05, 4.69) is 10.2 Å². The Hall–Kier alpha value is -0.930.